The lowest BCUT2D eigenvalue weighted by atomic mass is 10.0. The Balaban J connectivity index is 1.35. The number of nitrogens with one attached hydrogen (secondary N) is 1. The molecule has 4 aromatic rings. The Bertz CT molecular complexity index is 1380. The monoisotopic (exact) mass is 453 g/mol. The second kappa shape index (κ2) is 7.88. The lowest BCUT2D eigenvalue weighted by Crippen LogP contribution is -2.36. The van der Waals surface area contributed by atoms with Crippen molar-refractivity contribution in [1.29, 1.82) is 0 Å². The topological polar surface area (TPSA) is 96.7 Å². The zero-order valence-corrected chi connectivity index (χ0v) is 18.1. The molecule has 8 nitrogen and oxygen atoms in total. The highest BCUT2D eigenvalue weighted by Crippen LogP contribution is 2.29. The van der Waals surface area contributed by atoms with Crippen molar-refractivity contribution in [2.24, 2.45) is 0 Å². The zero-order valence-electron chi connectivity index (χ0n) is 16.4. The molecular formula is C21H19N5O3S2. The average Bonchev–Trinajstić information content (AvgIpc) is 3.45. The van der Waals surface area contributed by atoms with Gasteiger partial charge in [-0.15, -0.1) is 21.5 Å². The Labute approximate surface area is 183 Å². The van der Waals surface area contributed by atoms with Crippen LogP contribution in [0.15, 0.2) is 65.0 Å². The number of sulfonamides is 1. The maximum absolute atomic E-state index is 13.3. The van der Waals surface area contributed by atoms with Crippen LogP contribution in [0.3, 0.4) is 0 Å². The molecule has 4 heterocycles. The predicted molar refractivity (Wildman–Crippen MR) is 116 cm³/mol. The van der Waals surface area contributed by atoms with Crippen LogP contribution in [0.2, 0.25) is 0 Å². The molecule has 0 saturated carbocycles. The van der Waals surface area contributed by atoms with Gasteiger partial charge in [0.2, 0.25) is 10.0 Å². The SMILES string of the molecule is O=C(NCc1nnc2ccccn12)c1sccc1S(=O)(=O)N1CCc2ccccc2C1. The lowest BCUT2D eigenvalue weighted by molar-refractivity contribution is 0.0950. The van der Waals surface area contributed by atoms with Gasteiger partial charge in [-0.1, -0.05) is 30.3 Å². The molecule has 5 rings (SSSR count). The van der Waals surface area contributed by atoms with Gasteiger partial charge in [0.15, 0.2) is 11.5 Å². The van der Waals surface area contributed by atoms with E-state index in [1.165, 1.54) is 10.4 Å². The maximum Gasteiger partial charge on any atom is 0.263 e. The Kier molecular flexibility index (Phi) is 5.05. The van der Waals surface area contributed by atoms with Crippen LogP contribution in [-0.2, 0) is 29.5 Å². The highest BCUT2D eigenvalue weighted by molar-refractivity contribution is 7.89. The normalized spacial score (nSPS) is 14.5. The molecule has 0 atom stereocenters. The molecule has 0 bridgehead atoms. The zero-order chi connectivity index (χ0) is 21.4. The van der Waals surface area contributed by atoms with Crippen molar-refractivity contribution in [2.45, 2.75) is 24.4 Å². The number of carbonyl (C=O) groups excluding carboxylic acids is 1. The van der Waals surface area contributed by atoms with Crippen LogP contribution in [-0.4, -0.2) is 39.8 Å². The Morgan fingerprint density at radius 1 is 1.06 bits per heavy atom. The first kappa shape index (κ1) is 19.9. The number of hydrogen-bond donors (Lipinski definition) is 1. The molecule has 1 aliphatic heterocycles. The number of carbonyl (C=O) groups is 1. The highest BCUT2D eigenvalue weighted by Gasteiger charge is 2.32. The second-order valence-electron chi connectivity index (χ2n) is 7.20. The van der Waals surface area contributed by atoms with Gasteiger partial charge >= 0.3 is 0 Å². The minimum Gasteiger partial charge on any atom is -0.344 e. The summed E-state index contributed by atoms with van der Waals surface area (Å²) >= 11 is 1.11. The summed E-state index contributed by atoms with van der Waals surface area (Å²) in [4.78, 5) is 13.1. The molecule has 0 unspecified atom stereocenters. The third-order valence-electron chi connectivity index (χ3n) is 5.34. The molecule has 0 aliphatic carbocycles. The second-order valence-corrected chi connectivity index (χ2v) is 10.0. The molecule has 1 aromatic carbocycles. The minimum atomic E-state index is -3.79. The molecule has 1 amide bonds. The van der Waals surface area contributed by atoms with E-state index >= 15 is 0 Å². The molecule has 0 radical (unpaired) electrons. The van der Waals surface area contributed by atoms with Gasteiger partial charge in [-0.05, 0) is 41.1 Å². The quantitative estimate of drug-likeness (QED) is 0.501. The van der Waals surface area contributed by atoms with E-state index in [0.717, 1.165) is 22.5 Å². The van der Waals surface area contributed by atoms with Crippen LogP contribution < -0.4 is 5.32 Å². The van der Waals surface area contributed by atoms with Crippen molar-refractivity contribution in [3.63, 3.8) is 0 Å². The molecular weight excluding hydrogens is 434 g/mol. The Morgan fingerprint density at radius 3 is 2.74 bits per heavy atom. The fraction of sp³-hybridized carbons (Fsp3) is 0.190. The van der Waals surface area contributed by atoms with Crippen molar-refractivity contribution in [3.05, 3.63) is 81.9 Å². The first-order chi connectivity index (χ1) is 15.0. The van der Waals surface area contributed by atoms with Crippen molar-refractivity contribution < 1.29 is 13.2 Å². The lowest BCUT2D eigenvalue weighted by Gasteiger charge is -2.28. The van der Waals surface area contributed by atoms with Gasteiger partial charge in [-0.2, -0.15) is 4.31 Å². The Morgan fingerprint density at radius 2 is 1.87 bits per heavy atom. The third kappa shape index (κ3) is 3.62. The van der Waals surface area contributed by atoms with Crippen molar-refractivity contribution in [1.82, 2.24) is 24.2 Å². The fourth-order valence-electron chi connectivity index (χ4n) is 3.73. The number of rotatable bonds is 5. The van der Waals surface area contributed by atoms with Crippen molar-refractivity contribution in [3.8, 4) is 0 Å². The van der Waals surface area contributed by atoms with Crippen molar-refractivity contribution in [2.75, 3.05) is 6.54 Å². The number of nitrogens with zero attached hydrogens (tertiary/aromatic N) is 4. The number of thiophene rings is 1. The van der Waals surface area contributed by atoms with Crippen LogP contribution in [0.25, 0.3) is 5.65 Å². The predicted octanol–water partition coefficient (Wildman–Crippen LogP) is 2.47. The van der Waals surface area contributed by atoms with Gasteiger partial charge in [-0.25, -0.2) is 8.42 Å². The molecule has 1 N–H and O–H groups in total. The number of amides is 1. The number of benzene rings is 1. The van der Waals surface area contributed by atoms with Crippen molar-refractivity contribution >= 4 is 32.9 Å². The molecule has 10 heteroatoms. The smallest absolute Gasteiger partial charge is 0.263 e. The summed E-state index contributed by atoms with van der Waals surface area (Å²) in [6, 6.07) is 14.9. The molecule has 31 heavy (non-hydrogen) atoms. The summed E-state index contributed by atoms with van der Waals surface area (Å²) in [5.74, 6) is 0.121. The molecule has 158 valence electrons. The molecule has 1 aliphatic rings. The van der Waals surface area contributed by atoms with E-state index in [9.17, 15) is 13.2 Å². The van der Waals surface area contributed by atoms with E-state index in [4.69, 9.17) is 0 Å². The molecule has 0 spiro atoms. The molecule has 0 saturated heterocycles. The highest BCUT2D eigenvalue weighted by atomic mass is 32.2. The molecule has 0 fully saturated rings. The van der Waals surface area contributed by atoms with E-state index in [0.29, 0.717) is 31.0 Å². The van der Waals surface area contributed by atoms with Crippen LogP contribution >= 0.6 is 11.3 Å². The van der Waals surface area contributed by atoms with E-state index in [1.54, 1.807) is 9.78 Å². The van der Waals surface area contributed by atoms with E-state index in [2.05, 4.69) is 15.5 Å². The number of fused-ring (bicyclic) bond motifs is 2. The first-order valence-electron chi connectivity index (χ1n) is 9.75. The van der Waals surface area contributed by atoms with Gasteiger partial charge in [0, 0.05) is 19.3 Å². The number of aromatic nitrogens is 3. The number of hydrogen-bond acceptors (Lipinski definition) is 6. The maximum atomic E-state index is 13.3. The van der Waals surface area contributed by atoms with Crippen LogP contribution in [0, 0.1) is 0 Å². The van der Waals surface area contributed by atoms with E-state index < -0.39 is 15.9 Å². The van der Waals surface area contributed by atoms with Crippen LogP contribution in [0.4, 0.5) is 0 Å². The van der Waals surface area contributed by atoms with Gasteiger partial charge in [0.1, 0.15) is 9.77 Å². The van der Waals surface area contributed by atoms with Gasteiger partial charge in [0.05, 0.1) is 6.54 Å². The van der Waals surface area contributed by atoms with Gasteiger partial charge in [-0.3, -0.25) is 9.20 Å². The summed E-state index contributed by atoms with van der Waals surface area (Å²) in [7, 11) is -3.79. The fourth-order valence-corrected chi connectivity index (χ4v) is 6.47. The summed E-state index contributed by atoms with van der Waals surface area (Å²) in [6.07, 6.45) is 2.47. The summed E-state index contributed by atoms with van der Waals surface area (Å²) in [5, 5.41) is 12.6. The summed E-state index contributed by atoms with van der Waals surface area (Å²) in [6.45, 7) is 0.835. The summed E-state index contributed by atoms with van der Waals surface area (Å²) < 4.78 is 29.9. The van der Waals surface area contributed by atoms with E-state index in [-0.39, 0.29) is 16.3 Å². The first-order valence-corrected chi connectivity index (χ1v) is 12.1. The molecule has 3 aromatic heterocycles. The standard InChI is InChI=1S/C21H19N5O3S2/c27-21(22-13-19-24-23-18-7-3-4-10-26(18)19)20-17(9-12-30-20)31(28,29)25-11-8-15-5-1-2-6-16(15)14-25/h1-7,9-10,12H,8,11,13-14H2,(H,22,27). The minimum absolute atomic E-state index is 0.0421. The van der Waals surface area contributed by atoms with Gasteiger partial charge in [0.25, 0.3) is 5.91 Å². The number of pyridine rings is 1. The van der Waals surface area contributed by atoms with Crippen LogP contribution in [0.5, 0.6) is 0 Å². The van der Waals surface area contributed by atoms with Gasteiger partial charge < -0.3 is 5.32 Å². The third-order valence-corrected chi connectivity index (χ3v) is 8.27. The summed E-state index contributed by atoms with van der Waals surface area (Å²) in [5.41, 5.74) is 2.84. The largest absolute Gasteiger partial charge is 0.344 e. The van der Waals surface area contributed by atoms with Crippen LogP contribution in [0.1, 0.15) is 26.6 Å². The Hall–Kier alpha value is -3.08. The average molecular weight is 454 g/mol. The van der Waals surface area contributed by atoms with E-state index in [1.807, 2.05) is 48.7 Å².